The number of rotatable bonds is 13. The molecule has 14 heteroatoms. The molecule has 4 aromatic rings. The van der Waals surface area contributed by atoms with E-state index in [2.05, 4.69) is 32.1 Å². The van der Waals surface area contributed by atoms with Crippen LogP contribution in [0.15, 0.2) is 110 Å². The molecule has 0 spiro atoms. The minimum atomic E-state index is -1.11. The van der Waals surface area contributed by atoms with Gasteiger partial charge in [-0.3, -0.25) is 0 Å². The Morgan fingerprint density at radius 2 is 0.827 bits per heavy atom. The van der Waals surface area contributed by atoms with E-state index in [0.717, 1.165) is 34.4 Å². The normalized spacial score (nSPS) is 10.1. The summed E-state index contributed by atoms with van der Waals surface area (Å²) >= 11 is 0. The van der Waals surface area contributed by atoms with Crippen molar-refractivity contribution in [2.75, 3.05) is 13.6 Å². The SMILES string of the molecule is C=CC(=O)OCOC(=O)Oc1ccc(C(=O)Oc2ccc(-c3ccc(OC(=O)c4ccc(OC(=O)OCOC(=O)C=C)cc4)cc3C)c(C)c2)cc1. The van der Waals surface area contributed by atoms with Gasteiger partial charge in [0.05, 0.1) is 11.1 Å². The third kappa shape index (κ3) is 10.9. The van der Waals surface area contributed by atoms with E-state index < -0.39 is 49.8 Å². The Morgan fingerprint density at radius 1 is 0.481 bits per heavy atom. The summed E-state index contributed by atoms with van der Waals surface area (Å²) in [6.45, 7) is 8.85. The topological polar surface area (TPSA) is 176 Å². The van der Waals surface area contributed by atoms with E-state index in [-0.39, 0.29) is 22.6 Å². The molecule has 0 N–H and O–H groups in total. The summed E-state index contributed by atoms with van der Waals surface area (Å²) < 4.78 is 39.3. The van der Waals surface area contributed by atoms with Crippen molar-refractivity contribution in [3.05, 3.63) is 132 Å². The predicted molar refractivity (Wildman–Crippen MR) is 181 cm³/mol. The van der Waals surface area contributed by atoms with Gasteiger partial charge in [-0.1, -0.05) is 25.3 Å². The van der Waals surface area contributed by atoms with Crippen LogP contribution in [0.3, 0.4) is 0 Å². The summed E-state index contributed by atoms with van der Waals surface area (Å²) in [6.07, 6.45) is -0.398. The van der Waals surface area contributed by atoms with Gasteiger partial charge in [0, 0.05) is 12.2 Å². The van der Waals surface area contributed by atoms with E-state index >= 15 is 0 Å². The molecule has 0 heterocycles. The van der Waals surface area contributed by atoms with Crippen molar-refractivity contribution >= 4 is 36.2 Å². The average molecular weight is 711 g/mol. The number of hydrogen-bond donors (Lipinski definition) is 0. The van der Waals surface area contributed by atoms with Gasteiger partial charge in [0.15, 0.2) is 0 Å². The number of esters is 4. The molecule has 0 aliphatic carbocycles. The molecule has 4 rings (SSSR count). The standard InChI is InChI=1S/C38H30O14/c1-5-33(39)45-21-47-37(43)51-27-11-7-25(8-12-27)35(41)49-29-15-17-31(23(3)19-29)32-18-16-30(20-24(32)4)50-36(42)26-9-13-28(14-10-26)52-38(44)48-22-46-34(40)6-2/h5-20H,1-2,21-22H2,3-4H3. The molecular weight excluding hydrogens is 680 g/mol. The zero-order valence-corrected chi connectivity index (χ0v) is 27.8. The van der Waals surface area contributed by atoms with Crippen LogP contribution in [-0.4, -0.2) is 49.8 Å². The van der Waals surface area contributed by atoms with Gasteiger partial charge in [-0.25, -0.2) is 28.8 Å². The van der Waals surface area contributed by atoms with Crippen molar-refractivity contribution in [2.24, 2.45) is 0 Å². The summed E-state index contributed by atoms with van der Waals surface area (Å²) in [5.74, 6) is -2.05. The van der Waals surface area contributed by atoms with Crippen molar-refractivity contribution < 1.29 is 66.7 Å². The lowest BCUT2D eigenvalue weighted by Crippen LogP contribution is -2.15. The van der Waals surface area contributed by atoms with Crippen LogP contribution in [0.2, 0.25) is 0 Å². The van der Waals surface area contributed by atoms with E-state index in [1.807, 2.05) is 13.8 Å². The molecule has 0 atom stereocenters. The first kappa shape index (κ1) is 37.6. The van der Waals surface area contributed by atoms with Crippen LogP contribution in [0.25, 0.3) is 11.1 Å². The first-order chi connectivity index (χ1) is 24.9. The molecule has 14 nitrogen and oxygen atoms in total. The van der Waals surface area contributed by atoms with Crippen molar-refractivity contribution in [1.29, 1.82) is 0 Å². The molecule has 0 saturated carbocycles. The molecule has 0 radical (unpaired) electrons. The molecule has 0 unspecified atom stereocenters. The first-order valence-electron chi connectivity index (χ1n) is 15.1. The van der Waals surface area contributed by atoms with Gasteiger partial charge >= 0.3 is 36.2 Å². The van der Waals surface area contributed by atoms with E-state index in [4.69, 9.17) is 18.9 Å². The lowest BCUT2D eigenvalue weighted by molar-refractivity contribution is -0.147. The number of carbonyl (C=O) groups is 6. The number of aryl methyl sites for hydroxylation is 2. The van der Waals surface area contributed by atoms with Gasteiger partial charge in [0.25, 0.3) is 0 Å². The van der Waals surface area contributed by atoms with Gasteiger partial charge in [-0.05, 0) is 109 Å². The van der Waals surface area contributed by atoms with Crippen molar-refractivity contribution in [2.45, 2.75) is 13.8 Å². The van der Waals surface area contributed by atoms with Crippen LogP contribution in [-0.2, 0) is 28.5 Å². The maximum Gasteiger partial charge on any atom is 0.516 e. The molecule has 52 heavy (non-hydrogen) atoms. The van der Waals surface area contributed by atoms with Crippen LogP contribution in [0.4, 0.5) is 9.59 Å². The molecule has 0 saturated heterocycles. The summed E-state index contributed by atoms with van der Waals surface area (Å²) in [4.78, 5) is 70.9. The Hall–Kier alpha value is -7.22. The molecule has 0 aromatic heterocycles. The molecule has 0 aliphatic rings. The van der Waals surface area contributed by atoms with Crippen LogP contribution >= 0.6 is 0 Å². The van der Waals surface area contributed by atoms with Crippen LogP contribution in [0.1, 0.15) is 31.8 Å². The Labute approximate surface area is 296 Å². The molecule has 266 valence electrons. The van der Waals surface area contributed by atoms with Crippen LogP contribution < -0.4 is 18.9 Å². The predicted octanol–water partition coefficient (Wildman–Crippen LogP) is 6.81. The number of carbonyl (C=O) groups excluding carboxylic acids is 6. The fourth-order valence-electron chi connectivity index (χ4n) is 4.29. The van der Waals surface area contributed by atoms with Crippen LogP contribution in [0.5, 0.6) is 23.0 Å². The summed E-state index contributed by atoms with van der Waals surface area (Å²) in [7, 11) is 0. The number of ether oxygens (including phenoxy) is 8. The van der Waals surface area contributed by atoms with Crippen molar-refractivity contribution in [3.8, 4) is 34.1 Å². The van der Waals surface area contributed by atoms with E-state index in [9.17, 15) is 28.8 Å². The quantitative estimate of drug-likeness (QED) is 0.0465. The Kier molecular flexibility index (Phi) is 13.0. The van der Waals surface area contributed by atoms with E-state index in [1.54, 1.807) is 36.4 Å². The van der Waals surface area contributed by atoms with E-state index in [1.165, 1.54) is 48.5 Å². The lowest BCUT2D eigenvalue weighted by Gasteiger charge is -2.13. The molecule has 4 aromatic carbocycles. The largest absolute Gasteiger partial charge is 0.516 e. The van der Waals surface area contributed by atoms with Crippen molar-refractivity contribution in [3.63, 3.8) is 0 Å². The third-order valence-corrected chi connectivity index (χ3v) is 6.78. The van der Waals surface area contributed by atoms with Gasteiger partial charge < -0.3 is 37.9 Å². The van der Waals surface area contributed by atoms with Crippen molar-refractivity contribution in [1.82, 2.24) is 0 Å². The number of benzene rings is 4. The third-order valence-electron chi connectivity index (χ3n) is 6.78. The summed E-state index contributed by atoms with van der Waals surface area (Å²) in [5, 5.41) is 0. The zero-order chi connectivity index (χ0) is 37.6. The first-order valence-corrected chi connectivity index (χ1v) is 15.1. The Bertz CT molecular complexity index is 1850. The smallest absolute Gasteiger partial charge is 0.425 e. The number of hydrogen-bond acceptors (Lipinski definition) is 14. The second kappa shape index (κ2) is 18.0. The maximum atomic E-state index is 12.8. The minimum absolute atomic E-state index is 0.0849. The molecular formula is C38H30O14. The highest BCUT2D eigenvalue weighted by atomic mass is 16.8. The van der Waals surface area contributed by atoms with Gasteiger partial charge in [-0.15, -0.1) is 0 Å². The Balaban J connectivity index is 1.30. The highest BCUT2D eigenvalue weighted by Gasteiger charge is 2.15. The summed E-state index contributed by atoms with van der Waals surface area (Å²) in [5.41, 5.74) is 3.72. The molecule has 0 amide bonds. The average Bonchev–Trinajstić information content (AvgIpc) is 3.12. The highest BCUT2D eigenvalue weighted by molar-refractivity contribution is 5.92. The monoisotopic (exact) mass is 710 g/mol. The van der Waals surface area contributed by atoms with Crippen LogP contribution in [0, 0.1) is 13.8 Å². The van der Waals surface area contributed by atoms with Gasteiger partial charge in [0.2, 0.25) is 13.6 Å². The molecule has 0 fully saturated rings. The fraction of sp³-hybridized carbons (Fsp3) is 0.105. The van der Waals surface area contributed by atoms with Gasteiger partial charge in [0.1, 0.15) is 23.0 Å². The lowest BCUT2D eigenvalue weighted by atomic mass is 9.96. The minimum Gasteiger partial charge on any atom is -0.425 e. The van der Waals surface area contributed by atoms with Gasteiger partial charge in [-0.2, -0.15) is 0 Å². The fourth-order valence-corrected chi connectivity index (χ4v) is 4.29. The summed E-state index contributed by atoms with van der Waals surface area (Å²) in [6, 6.07) is 21.4. The zero-order valence-electron chi connectivity index (χ0n) is 27.8. The highest BCUT2D eigenvalue weighted by Crippen LogP contribution is 2.32. The molecule has 0 aliphatic heterocycles. The van der Waals surface area contributed by atoms with E-state index in [0.29, 0.717) is 11.5 Å². The molecule has 0 bridgehead atoms. The maximum absolute atomic E-state index is 12.8. The second-order valence-electron chi connectivity index (χ2n) is 10.3. The second-order valence-corrected chi connectivity index (χ2v) is 10.3. The Morgan fingerprint density at radius 3 is 1.15 bits per heavy atom.